The van der Waals surface area contributed by atoms with E-state index in [1.165, 1.54) is 10.9 Å². The summed E-state index contributed by atoms with van der Waals surface area (Å²) in [5.41, 5.74) is 2.29. The van der Waals surface area contributed by atoms with Crippen LogP contribution in [0.4, 0.5) is 4.79 Å². The minimum absolute atomic E-state index is 0.156. The van der Waals surface area contributed by atoms with Gasteiger partial charge in [-0.1, -0.05) is 30.3 Å². The van der Waals surface area contributed by atoms with Crippen molar-refractivity contribution in [3.05, 3.63) is 93.2 Å². The summed E-state index contributed by atoms with van der Waals surface area (Å²) in [4.78, 5) is 28.8. The minimum Gasteiger partial charge on any atom is -0.489 e. The highest BCUT2D eigenvalue weighted by Crippen LogP contribution is 2.36. The standard InChI is InChI=1S/C29H30N2O4S/c1-29(2,3)35-28(33)30-14-7-10-25-24(18-30)23-16-21(11-12-26(23)36-25)31-15-13-22(17-27(31)32)34-19-20-8-5-4-6-9-20/h4-6,8-9,11-13,15-17H,7,10,14,18-19H2,1-3H3. The van der Waals surface area contributed by atoms with Crippen LogP contribution in [-0.2, 0) is 24.3 Å². The zero-order valence-corrected chi connectivity index (χ0v) is 21.6. The molecule has 6 nitrogen and oxygen atoms in total. The van der Waals surface area contributed by atoms with Gasteiger partial charge in [-0.05, 0) is 74.4 Å². The maximum absolute atomic E-state index is 13.0. The number of ether oxygens (including phenoxy) is 2. The van der Waals surface area contributed by atoms with Gasteiger partial charge in [0.05, 0.1) is 6.54 Å². The molecule has 3 heterocycles. The Bertz CT molecular complexity index is 1450. The van der Waals surface area contributed by atoms with E-state index in [-0.39, 0.29) is 11.7 Å². The zero-order valence-electron chi connectivity index (χ0n) is 20.8. The number of amides is 1. The molecule has 1 aliphatic heterocycles. The van der Waals surface area contributed by atoms with Crippen molar-refractivity contribution in [2.45, 2.75) is 52.4 Å². The van der Waals surface area contributed by atoms with E-state index in [1.807, 2.05) is 63.2 Å². The van der Waals surface area contributed by atoms with Gasteiger partial charge in [0.2, 0.25) is 0 Å². The molecule has 0 radical (unpaired) electrons. The molecule has 0 saturated carbocycles. The van der Waals surface area contributed by atoms with E-state index in [2.05, 4.69) is 12.1 Å². The van der Waals surface area contributed by atoms with Crippen molar-refractivity contribution in [1.29, 1.82) is 0 Å². The Balaban J connectivity index is 1.41. The molecule has 2 aromatic carbocycles. The fourth-order valence-electron chi connectivity index (χ4n) is 4.40. The Morgan fingerprint density at radius 3 is 2.61 bits per heavy atom. The van der Waals surface area contributed by atoms with Crippen LogP contribution in [-0.4, -0.2) is 27.7 Å². The Hall–Kier alpha value is -3.58. The molecule has 1 aliphatic rings. The number of carbonyl (C=O) groups is 1. The second-order valence-electron chi connectivity index (χ2n) is 10.0. The molecule has 186 valence electrons. The molecule has 4 aromatic rings. The number of rotatable bonds is 4. The third kappa shape index (κ3) is 5.31. The van der Waals surface area contributed by atoms with Crippen LogP contribution in [0.15, 0.2) is 71.7 Å². The van der Waals surface area contributed by atoms with Crippen LogP contribution >= 0.6 is 11.3 Å². The third-order valence-electron chi connectivity index (χ3n) is 6.11. The fourth-order valence-corrected chi connectivity index (χ4v) is 5.64. The lowest BCUT2D eigenvalue weighted by molar-refractivity contribution is 0.0237. The first-order valence-electron chi connectivity index (χ1n) is 12.2. The molecule has 0 aliphatic carbocycles. The fraction of sp³-hybridized carbons (Fsp3) is 0.310. The van der Waals surface area contributed by atoms with Crippen LogP contribution in [0.25, 0.3) is 15.8 Å². The Morgan fingerprint density at radius 2 is 1.86 bits per heavy atom. The lowest BCUT2D eigenvalue weighted by Gasteiger charge is -2.26. The average Bonchev–Trinajstić information content (AvgIpc) is 3.03. The smallest absolute Gasteiger partial charge is 0.410 e. The van der Waals surface area contributed by atoms with Crippen LogP contribution in [0.3, 0.4) is 0 Å². The normalized spacial score (nSPS) is 13.8. The first-order valence-corrected chi connectivity index (χ1v) is 13.0. The van der Waals surface area contributed by atoms with Gasteiger partial charge >= 0.3 is 6.09 Å². The van der Waals surface area contributed by atoms with Crippen molar-refractivity contribution < 1.29 is 14.3 Å². The summed E-state index contributed by atoms with van der Waals surface area (Å²) in [5.74, 6) is 0.540. The summed E-state index contributed by atoms with van der Waals surface area (Å²) >= 11 is 1.77. The van der Waals surface area contributed by atoms with Crippen molar-refractivity contribution in [2.24, 2.45) is 0 Å². The molecule has 5 rings (SSSR count). The van der Waals surface area contributed by atoms with E-state index in [0.29, 0.717) is 25.4 Å². The maximum Gasteiger partial charge on any atom is 0.410 e. The SMILES string of the molecule is CC(C)(C)OC(=O)N1CCCc2sc3ccc(-n4ccc(OCc5ccccc5)cc4=O)cc3c2C1. The summed E-state index contributed by atoms with van der Waals surface area (Å²) in [6, 6.07) is 19.3. The molecule has 36 heavy (non-hydrogen) atoms. The van der Waals surface area contributed by atoms with Gasteiger partial charge in [-0.25, -0.2) is 4.79 Å². The molecular formula is C29H30N2O4S. The Kier molecular flexibility index (Phi) is 6.58. The van der Waals surface area contributed by atoms with Crippen LogP contribution in [0.5, 0.6) is 5.75 Å². The van der Waals surface area contributed by atoms with E-state index in [9.17, 15) is 9.59 Å². The quantitative estimate of drug-likeness (QED) is 0.328. The average molecular weight is 503 g/mol. The number of thiophene rings is 1. The highest BCUT2D eigenvalue weighted by Gasteiger charge is 2.26. The summed E-state index contributed by atoms with van der Waals surface area (Å²) in [7, 11) is 0. The van der Waals surface area contributed by atoms with E-state index in [0.717, 1.165) is 39.7 Å². The minimum atomic E-state index is -0.533. The second-order valence-corrected chi connectivity index (χ2v) is 11.2. The summed E-state index contributed by atoms with van der Waals surface area (Å²) in [6.45, 7) is 7.24. The van der Waals surface area contributed by atoms with Gasteiger partial charge < -0.3 is 14.4 Å². The largest absolute Gasteiger partial charge is 0.489 e. The van der Waals surface area contributed by atoms with E-state index in [1.54, 1.807) is 27.0 Å². The number of nitrogens with zero attached hydrogens (tertiary/aromatic N) is 2. The number of pyridine rings is 1. The number of hydrogen-bond acceptors (Lipinski definition) is 5. The number of carbonyl (C=O) groups excluding carboxylic acids is 1. The van der Waals surface area contributed by atoms with Crippen molar-refractivity contribution in [2.75, 3.05) is 6.54 Å². The van der Waals surface area contributed by atoms with Gasteiger partial charge in [0.25, 0.3) is 5.56 Å². The topological polar surface area (TPSA) is 60.8 Å². The lowest BCUT2D eigenvalue weighted by atomic mass is 10.1. The van der Waals surface area contributed by atoms with Gasteiger partial charge in [0, 0.05) is 34.1 Å². The predicted octanol–water partition coefficient (Wildman–Crippen LogP) is 6.31. The molecule has 7 heteroatoms. The van der Waals surface area contributed by atoms with E-state index >= 15 is 0 Å². The number of aryl methyl sites for hydroxylation is 1. The van der Waals surface area contributed by atoms with Gasteiger partial charge in [0.15, 0.2) is 0 Å². The highest BCUT2D eigenvalue weighted by molar-refractivity contribution is 7.19. The molecule has 0 spiro atoms. The Labute approximate surface area is 214 Å². The molecule has 0 N–H and O–H groups in total. The number of benzene rings is 2. The van der Waals surface area contributed by atoms with Crippen molar-refractivity contribution >= 4 is 27.5 Å². The van der Waals surface area contributed by atoms with Crippen molar-refractivity contribution in [3.8, 4) is 11.4 Å². The molecule has 0 fully saturated rings. The molecule has 0 atom stereocenters. The Morgan fingerprint density at radius 1 is 1.06 bits per heavy atom. The number of fused-ring (bicyclic) bond motifs is 3. The third-order valence-corrected chi connectivity index (χ3v) is 7.38. The van der Waals surface area contributed by atoms with Gasteiger partial charge in [-0.15, -0.1) is 11.3 Å². The summed E-state index contributed by atoms with van der Waals surface area (Å²) in [5, 5.41) is 1.08. The van der Waals surface area contributed by atoms with Crippen LogP contribution in [0.2, 0.25) is 0 Å². The van der Waals surface area contributed by atoms with Crippen LogP contribution in [0, 0.1) is 0 Å². The molecular weight excluding hydrogens is 472 g/mol. The van der Waals surface area contributed by atoms with Gasteiger partial charge in [0.1, 0.15) is 18.0 Å². The monoisotopic (exact) mass is 502 g/mol. The van der Waals surface area contributed by atoms with Crippen molar-refractivity contribution in [3.63, 3.8) is 0 Å². The zero-order chi connectivity index (χ0) is 25.3. The molecule has 0 saturated heterocycles. The number of hydrogen-bond donors (Lipinski definition) is 0. The second kappa shape index (κ2) is 9.82. The predicted molar refractivity (Wildman–Crippen MR) is 143 cm³/mol. The van der Waals surface area contributed by atoms with E-state index in [4.69, 9.17) is 9.47 Å². The first-order chi connectivity index (χ1) is 17.3. The van der Waals surface area contributed by atoms with Gasteiger partial charge in [-0.3, -0.25) is 9.36 Å². The molecule has 0 unspecified atom stereocenters. The van der Waals surface area contributed by atoms with Crippen molar-refractivity contribution in [1.82, 2.24) is 9.47 Å². The first kappa shape index (κ1) is 24.1. The van der Waals surface area contributed by atoms with Crippen LogP contribution < -0.4 is 10.3 Å². The summed E-state index contributed by atoms with van der Waals surface area (Å²) in [6.07, 6.45) is 3.29. The molecule has 2 aromatic heterocycles. The number of aromatic nitrogens is 1. The maximum atomic E-state index is 13.0. The molecule has 1 amide bonds. The molecule has 0 bridgehead atoms. The van der Waals surface area contributed by atoms with Crippen LogP contribution in [0.1, 0.15) is 43.2 Å². The lowest BCUT2D eigenvalue weighted by Crippen LogP contribution is -2.36. The van der Waals surface area contributed by atoms with Gasteiger partial charge in [-0.2, -0.15) is 0 Å². The van der Waals surface area contributed by atoms with E-state index < -0.39 is 5.60 Å². The highest BCUT2D eigenvalue weighted by atomic mass is 32.1. The summed E-state index contributed by atoms with van der Waals surface area (Å²) < 4.78 is 14.2.